The van der Waals surface area contributed by atoms with Crippen LogP contribution >= 0.6 is 11.3 Å². The average Bonchev–Trinajstić information content (AvgIpc) is 3.48. The van der Waals surface area contributed by atoms with Crippen LogP contribution in [-0.2, 0) is 10.0 Å². The number of thiophene rings is 1. The Labute approximate surface area is 228 Å². The Morgan fingerprint density at radius 1 is 0.795 bits per heavy atom. The summed E-state index contributed by atoms with van der Waals surface area (Å²) in [7, 11) is -1.06. The molecule has 0 saturated heterocycles. The molecule has 5 rings (SSSR count). The highest BCUT2D eigenvalue weighted by atomic mass is 32.2. The van der Waals surface area contributed by atoms with Crippen molar-refractivity contribution in [2.45, 2.75) is 4.90 Å². The summed E-state index contributed by atoms with van der Waals surface area (Å²) in [6.07, 6.45) is 0. The first-order chi connectivity index (χ1) is 18.8. The lowest BCUT2D eigenvalue weighted by atomic mass is 10.2. The minimum absolute atomic E-state index is 0.0106. The van der Waals surface area contributed by atoms with Gasteiger partial charge in [0.2, 0.25) is 0 Å². The maximum atomic E-state index is 13.5. The van der Waals surface area contributed by atoms with Crippen molar-refractivity contribution >= 4 is 61.3 Å². The average molecular weight is 562 g/mol. The van der Waals surface area contributed by atoms with Crippen LogP contribution in [0.1, 0.15) is 9.67 Å². The summed E-state index contributed by atoms with van der Waals surface area (Å²) < 4.78 is 40.1. The molecule has 0 bridgehead atoms. The summed E-state index contributed by atoms with van der Waals surface area (Å²) in [5, 5.41) is 7.64. The highest BCUT2D eigenvalue weighted by molar-refractivity contribution is 7.92. The molecular weight excluding hydrogens is 538 g/mol. The normalized spacial score (nSPS) is 11.1. The minimum atomic E-state index is -4.13. The number of ether oxygens (including phenoxy) is 2. The molecule has 0 unspecified atom stereocenters. The van der Waals surface area contributed by atoms with Gasteiger partial charge >= 0.3 is 0 Å². The molecule has 0 spiro atoms. The first-order valence-corrected chi connectivity index (χ1v) is 14.0. The van der Waals surface area contributed by atoms with Crippen LogP contribution in [0, 0.1) is 0 Å². The topological polar surface area (TPSA) is 132 Å². The fourth-order valence-electron chi connectivity index (χ4n) is 3.70. The van der Waals surface area contributed by atoms with Gasteiger partial charge in [0.15, 0.2) is 11.6 Å². The van der Waals surface area contributed by atoms with Gasteiger partial charge < -0.3 is 20.1 Å². The summed E-state index contributed by atoms with van der Waals surface area (Å²) in [6.45, 7) is 0. The predicted octanol–water partition coefficient (Wildman–Crippen LogP) is 5.51. The first kappa shape index (κ1) is 25.9. The second-order valence-corrected chi connectivity index (χ2v) is 10.8. The molecule has 0 radical (unpaired) electrons. The van der Waals surface area contributed by atoms with Crippen molar-refractivity contribution in [1.29, 1.82) is 0 Å². The number of hydrogen-bond donors (Lipinski definition) is 3. The maximum Gasteiger partial charge on any atom is 0.265 e. The number of benzene rings is 3. The molecule has 198 valence electrons. The second-order valence-electron chi connectivity index (χ2n) is 8.20. The van der Waals surface area contributed by atoms with Crippen LogP contribution in [0.3, 0.4) is 0 Å². The molecule has 1 amide bonds. The van der Waals surface area contributed by atoms with E-state index in [0.717, 1.165) is 0 Å². The Balaban J connectivity index is 1.49. The zero-order valence-electron chi connectivity index (χ0n) is 20.8. The van der Waals surface area contributed by atoms with Gasteiger partial charge in [0.25, 0.3) is 15.9 Å². The van der Waals surface area contributed by atoms with Gasteiger partial charge in [-0.2, -0.15) is 0 Å². The summed E-state index contributed by atoms with van der Waals surface area (Å²) in [5.41, 5.74) is 1.95. The molecule has 3 N–H and O–H groups in total. The van der Waals surface area contributed by atoms with E-state index < -0.39 is 10.0 Å². The van der Waals surface area contributed by atoms with Gasteiger partial charge in [-0.15, -0.1) is 11.3 Å². The number of aromatic nitrogens is 2. The zero-order chi connectivity index (χ0) is 27.4. The van der Waals surface area contributed by atoms with Gasteiger partial charge in [-0.3, -0.25) is 9.52 Å². The Hall–Kier alpha value is -4.68. The summed E-state index contributed by atoms with van der Waals surface area (Å²) in [5.74, 6) is 0.912. The number of para-hydroxylation sites is 2. The lowest BCUT2D eigenvalue weighted by Gasteiger charge is -2.15. The molecule has 5 aromatic rings. The quantitative estimate of drug-likeness (QED) is 0.215. The van der Waals surface area contributed by atoms with E-state index in [1.165, 1.54) is 37.7 Å². The molecule has 0 aliphatic heterocycles. The molecule has 3 aromatic carbocycles. The molecule has 39 heavy (non-hydrogen) atoms. The van der Waals surface area contributed by atoms with E-state index in [1.807, 2.05) is 6.07 Å². The number of carbonyl (C=O) groups excluding carboxylic acids is 1. The number of carbonyl (C=O) groups is 1. The molecule has 2 aromatic heterocycles. The van der Waals surface area contributed by atoms with Crippen LogP contribution in [0.5, 0.6) is 11.5 Å². The van der Waals surface area contributed by atoms with Crippen LogP contribution in [0.15, 0.2) is 89.1 Å². The molecule has 0 aliphatic rings. The molecule has 2 heterocycles. The van der Waals surface area contributed by atoms with Crippen molar-refractivity contribution in [3.05, 3.63) is 89.1 Å². The number of sulfonamides is 1. The van der Waals surface area contributed by atoms with Crippen LogP contribution in [-0.4, -0.2) is 38.5 Å². The van der Waals surface area contributed by atoms with Gasteiger partial charge in [0.1, 0.15) is 11.5 Å². The van der Waals surface area contributed by atoms with E-state index in [0.29, 0.717) is 38.8 Å². The molecular formula is C27H23N5O5S2. The fourth-order valence-corrected chi connectivity index (χ4v) is 5.38. The van der Waals surface area contributed by atoms with Crippen molar-refractivity contribution in [2.24, 2.45) is 0 Å². The summed E-state index contributed by atoms with van der Waals surface area (Å²) >= 11 is 1.29. The third-order valence-electron chi connectivity index (χ3n) is 5.56. The maximum absolute atomic E-state index is 13.5. The molecule has 0 atom stereocenters. The Bertz CT molecular complexity index is 1740. The Morgan fingerprint density at radius 3 is 2.13 bits per heavy atom. The van der Waals surface area contributed by atoms with Gasteiger partial charge in [0, 0.05) is 29.6 Å². The van der Waals surface area contributed by atoms with Gasteiger partial charge in [-0.1, -0.05) is 24.3 Å². The molecule has 10 nitrogen and oxygen atoms in total. The lowest BCUT2D eigenvalue weighted by molar-refractivity contribution is 0.103. The number of hydrogen-bond acceptors (Lipinski definition) is 9. The molecule has 0 saturated carbocycles. The van der Waals surface area contributed by atoms with E-state index in [-0.39, 0.29) is 22.4 Å². The van der Waals surface area contributed by atoms with Crippen molar-refractivity contribution in [2.75, 3.05) is 29.6 Å². The lowest BCUT2D eigenvalue weighted by Crippen LogP contribution is -2.17. The fraction of sp³-hybridized carbons (Fsp3) is 0.0741. The first-order valence-electron chi connectivity index (χ1n) is 11.6. The van der Waals surface area contributed by atoms with Gasteiger partial charge in [-0.05, 0) is 41.8 Å². The Morgan fingerprint density at radius 2 is 1.49 bits per heavy atom. The number of nitrogens with one attached hydrogen (secondary N) is 3. The van der Waals surface area contributed by atoms with Crippen molar-refractivity contribution in [3.63, 3.8) is 0 Å². The van der Waals surface area contributed by atoms with E-state index in [1.54, 1.807) is 66.0 Å². The van der Waals surface area contributed by atoms with Gasteiger partial charge in [0.05, 0.1) is 35.0 Å². The van der Waals surface area contributed by atoms with Crippen molar-refractivity contribution < 1.29 is 22.7 Å². The standard InChI is InChI=1S/C27H23N5O5S2/c1-36-19-13-18(14-20(16-19)37-2)28-25-26(31-23-10-4-3-9-22(23)30-25)32-39(34,35)21-8-5-7-17(15-21)29-27(33)24-11-6-12-38-24/h3-16H,1-2H3,(H,28,30)(H,29,33)(H,31,32). The smallest absolute Gasteiger partial charge is 0.265 e. The highest BCUT2D eigenvalue weighted by Gasteiger charge is 2.20. The number of rotatable bonds is 9. The van der Waals surface area contributed by atoms with E-state index in [9.17, 15) is 13.2 Å². The van der Waals surface area contributed by atoms with Crippen molar-refractivity contribution in [1.82, 2.24) is 9.97 Å². The van der Waals surface area contributed by atoms with Crippen LogP contribution in [0.25, 0.3) is 11.0 Å². The Kier molecular flexibility index (Phi) is 7.30. The third-order valence-corrected chi connectivity index (χ3v) is 7.77. The molecule has 12 heteroatoms. The number of methoxy groups -OCH3 is 2. The number of nitrogens with zero attached hydrogens (tertiary/aromatic N) is 2. The number of fused-ring (bicyclic) bond motifs is 1. The third kappa shape index (κ3) is 5.92. The van der Waals surface area contributed by atoms with Crippen LogP contribution < -0.4 is 24.8 Å². The predicted molar refractivity (Wildman–Crippen MR) is 152 cm³/mol. The summed E-state index contributed by atoms with van der Waals surface area (Å²) in [4.78, 5) is 22.0. The van der Waals surface area contributed by atoms with Gasteiger partial charge in [-0.25, -0.2) is 18.4 Å². The highest BCUT2D eigenvalue weighted by Crippen LogP contribution is 2.31. The van der Waals surface area contributed by atoms with E-state index in [4.69, 9.17) is 9.47 Å². The zero-order valence-corrected chi connectivity index (χ0v) is 22.5. The van der Waals surface area contributed by atoms with E-state index >= 15 is 0 Å². The molecule has 0 fully saturated rings. The summed E-state index contributed by atoms with van der Waals surface area (Å²) in [6, 6.07) is 21.7. The van der Waals surface area contributed by atoms with Crippen molar-refractivity contribution in [3.8, 4) is 11.5 Å². The SMILES string of the molecule is COc1cc(Nc2nc3ccccc3nc2NS(=O)(=O)c2cccc(NC(=O)c3cccs3)c2)cc(OC)c1. The second kappa shape index (κ2) is 11.0. The number of amides is 1. The largest absolute Gasteiger partial charge is 0.497 e. The van der Waals surface area contributed by atoms with Crippen LogP contribution in [0.4, 0.5) is 23.0 Å². The monoisotopic (exact) mass is 561 g/mol. The van der Waals surface area contributed by atoms with Crippen LogP contribution in [0.2, 0.25) is 0 Å². The number of anilines is 4. The van der Waals surface area contributed by atoms with E-state index in [2.05, 4.69) is 25.3 Å². The molecule has 0 aliphatic carbocycles. The minimum Gasteiger partial charge on any atom is -0.497 e.